The van der Waals surface area contributed by atoms with E-state index in [1.54, 1.807) is 6.92 Å². The van der Waals surface area contributed by atoms with Crippen LogP contribution in [0.2, 0.25) is 0 Å². The molecular weight excluding hydrogens is 502 g/mol. The summed E-state index contributed by atoms with van der Waals surface area (Å²) in [6.45, 7) is 6.96. The van der Waals surface area contributed by atoms with Gasteiger partial charge < -0.3 is 14.8 Å². The number of rotatable bonds is 8. The number of hydrogen-bond donors (Lipinski definition) is 1. The predicted molar refractivity (Wildman–Crippen MR) is 146 cm³/mol. The number of fused-ring (bicyclic) bond motifs is 1. The highest BCUT2D eigenvalue weighted by atomic mass is 32.1. The summed E-state index contributed by atoms with van der Waals surface area (Å²) in [5.74, 6) is 1.67. The fourth-order valence-corrected chi connectivity index (χ4v) is 6.82. The van der Waals surface area contributed by atoms with Crippen molar-refractivity contribution in [2.24, 2.45) is 0 Å². The first-order chi connectivity index (χ1) is 18.6. The van der Waals surface area contributed by atoms with E-state index in [1.807, 2.05) is 6.20 Å². The molecule has 6 rings (SSSR count). The molecule has 0 spiro atoms. The standard InChI is InChI=1S/C27H37N7O3S/c1-18(35)14-23-25-26(29-20-2-4-21(5-3-20)33-8-12-37-13-9-33)30-24(31-27(25)38-32-23)15-19-16-28-34(17-19)22-6-10-36-11-7-22/h16-17,20-22H,2-15H2,1H3,(H,29,30,31). The minimum atomic E-state index is 0.0961. The fourth-order valence-electron chi connectivity index (χ4n) is 6.02. The minimum absolute atomic E-state index is 0.0961. The van der Waals surface area contributed by atoms with Gasteiger partial charge >= 0.3 is 0 Å². The molecule has 2 aliphatic heterocycles. The Kier molecular flexibility index (Phi) is 7.96. The lowest BCUT2D eigenvalue weighted by Crippen LogP contribution is -2.46. The maximum atomic E-state index is 12.0. The number of nitrogens with zero attached hydrogens (tertiary/aromatic N) is 6. The van der Waals surface area contributed by atoms with E-state index in [0.717, 1.165) is 98.3 Å². The fraction of sp³-hybridized carbons (Fsp3) is 0.667. The lowest BCUT2D eigenvalue weighted by Gasteiger charge is -2.39. The van der Waals surface area contributed by atoms with Gasteiger partial charge in [-0.05, 0) is 62.5 Å². The largest absolute Gasteiger partial charge is 0.381 e. The highest BCUT2D eigenvalue weighted by Gasteiger charge is 2.28. The van der Waals surface area contributed by atoms with Crippen LogP contribution < -0.4 is 5.32 Å². The van der Waals surface area contributed by atoms with Crippen LogP contribution in [0.1, 0.15) is 68.6 Å². The van der Waals surface area contributed by atoms with Crippen LogP contribution in [0.3, 0.4) is 0 Å². The van der Waals surface area contributed by atoms with Crippen LogP contribution >= 0.6 is 11.5 Å². The first-order valence-electron chi connectivity index (χ1n) is 14.0. The second kappa shape index (κ2) is 11.7. The third-order valence-corrected chi connectivity index (χ3v) is 8.83. The highest BCUT2D eigenvalue weighted by molar-refractivity contribution is 7.13. The molecule has 1 saturated carbocycles. The van der Waals surface area contributed by atoms with Gasteiger partial charge in [-0.25, -0.2) is 9.97 Å². The SMILES string of the molecule is CC(=O)Cc1nsc2nc(Cc3cnn(C4CCOCC4)c3)nc(NC3CCC(N4CCOCC4)CC3)c12. The number of ether oxygens (including phenoxy) is 2. The lowest BCUT2D eigenvalue weighted by atomic mass is 9.90. The van der Waals surface area contributed by atoms with Gasteiger partial charge in [0.05, 0.1) is 43.0 Å². The van der Waals surface area contributed by atoms with E-state index in [4.69, 9.17) is 19.4 Å². The van der Waals surface area contributed by atoms with Crippen molar-refractivity contribution >= 4 is 33.4 Å². The zero-order valence-electron chi connectivity index (χ0n) is 22.1. The van der Waals surface area contributed by atoms with Gasteiger partial charge in [-0.15, -0.1) is 0 Å². The molecule has 0 radical (unpaired) electrons. The molecule has 3 aromatic heterocycles. The maximum Gasteiger partial charge on any atom is 0.149 e. The summed E-state index contributed by atoms with van der Waals surface area (Å²) in [4.78, 5) is 25.3. The van der Waals surface area contributed by atoms with E-state index in [-0.39, 0.29) is 5.78 Å². The third kappa shape index (κ3) is 5.90. The molecule has 0 amide bonds. The van der Waals surface area contributed by atoms with Crippen LogP contribution in [-0.4, -0.2) is 86.4 Å². The van der Waals surface area contributed by atoms with Crippen LogP contribution in [0.15, 0.2) is 12.4 Å². The number of ketones is 1. The smallest absolute Gasteiger partial charge is 0.149 e. The van der Waals surface area contributed by atoms with Gasteiger partial charge in [0.1, 0.15) is 22.3 Å². The summed E-state index contributed by atoms with van der Waals surface area (Å²) in [5.41, 5.74) is 1.88. The molecule has 0 bridgehead atoms. The van der Waals surface area contributed by atoms with Crippen molar-refractivity contribution in [1.29, 1.82) is 0 Å². The molecule has 0 atom stereocenters. The Labute approximate surface area is 227 Å². The van der Waals surface area contributed by atoms with Gasteiger partial charge in [0.15, 0.2) is 0 Å². The van der Waals surface area contributed by atoms with Crippen molar-refractivity contribution in [2.45, 2.75) is 76.4 Å². The van der Waals surface area contributed by atoms with Crippen LogP contribution in [0.4, 0.5) is 5.82 Å². The molecule has 3 fully saturated rings. The second-order valence-electron chi connectivity index (χ2n) is 10.8. The average Bonchev–Trinajstić information content (AvgIpc) is 3.57. The van der Waals surface area contributed by atoms with Crippen molar-refractivity contribution in [1.82, 2.24) is 29.0 Å². The Bertz CT molecular complexity index is 1240. The van der Waals surface area contributed by atoms with E-state index >= 15 is 0 Å². The molecule has 10 nitrogen and oxygen atoms in total. The summed E-state index contributed by atoms with van der Waals surface area (Å²) in [5, 5.41) is 9.29. The summed E-state index contributed by atoms with van der Waals surface area (Å²) < 4.78 is 17.7. The van der Waals surface area contributed by atoms with Crippen LogP contribution in [0.5, 0.6) is 0 Å². The summed E-state index contributed by atoms with van der Waals surface area (Å²) in [6, 6.07) is 1.38. The second-order valence-corrected chi connectivity index (χ2v) is 11.6. The van der Waals surface area contributed by atoms with E-state index in [2.05, 4.69) is 30.6 Å². The number of anilines is 1. The Morgan fingerprint density at radius 3 is 2.55 bits per heavy atom. The molecule has 3 aliphatic rings. The number of nitrogens with one attached hydrogen (secondary N) is 1. The Balaban J connectivity index is 1.20. The van der Waals surface area contributed by atoms with Crippen molar-refractivity contribution in [2.75, 3.05) is 44.8 Å². The third-order valence-electron chi connectivity index (χ3n) is 8.05. The first-order valence-corrected chi connectivity index (χ1v) is 14.7. The summed E-state index contributed by atoms with van der Waals surface area (Å²) in [6.07, 6.45) is 11.5. The molecule has 2 saturated heterocycles. The van der Waals surface area contributed by atoms with Crippen LogP contribution in [-0.2, 0) is 27.1 Å². The monoisotopic (exact) mass is 539 g/mol. The zero-order valence-corrected chi connectivity index (χ0v) is 22.9. The van der Waals surface area contributed by atoms with Crippen molar-refractivity contribution in [3.8, 4) is 0 Å². The maximum absolute atomic E-state index is 12.0. The van der Waals surface area contributed by atoms with Gasteiger partial charge in [-0.3, -0.25) is 14.4 Å². The quantitative estimate of drug-likeness (QED) is 0.461. The van der Waals surface area contributed by atoms with Gasteiger partial charge in [0.2, 0.25) is 0 Å². The van der Waals surface area contributed by atoms with Crippen molar-refractivity contribution < 1.29 is 14.3 Å². The zero-order chi connectivity index (χ0) is 25.9. The number of carbonyl (C=O) groups is 1. The van der Waals surface area contributed by atoms with Crippen molar-refractivity contribution in [3.63, 3.8) is 0 Å². The molecular formula is C27H37N7O3S. The Morgan fingerprint density at radius 1 is 1.03 bits per heavy atom. The number of morpholine rings is 1. The molecule has 1 N–H and O–H groups in total. The van der Waals surface area contributed by atoms with Gasteiger partial charge in [0, 0.05) is 51.0 Å². The predicted octanol–water partition coefficient (Wildman–Crippen LogP) is 3.41. The molecule has 204 valence electrons. The number of aromatic nitrogens is 5. The van der Waals surface area contributed by atoms with E-state index in [1.165, 1.54) is 24.4 Å². The molecule has 0 unspecified atom stereocenters. The van der Waals surface area contributed by atoms with Gasteiger partial charge in [-0.1, -0.05) is 0 Å². The molecule has 11 heteroatoms. The minimum Gasteiger partial charge on any atom is -0.381 e. The highest BCUT2D eigenvalue weighted by Crippen LogP contribution is 2.32. The van der Waals surface area contributed by atoms with Crippen LogP contribution in [0, 0.1) is 0 Å². The van der Waals surface area contributed by atoms with Gasteiger partial charge in [0.25, 0.3) is 0 Å². The number of Topliss-reactive ketones (excluding diaryl/α,β-unsaturated/α-hetero) is 1. The molecule has 0 aromatic carbocycles. The topological polar surface area (TPSA) is 107 Å². The Morgan fingerprint density at radius 2 is 1.79 bits per heavy atom. The van der Waals surface area contributed by atoms with Crippen LogP contribution in [0.25, 0.3) is 10.2 Å². The lowest BCUT2D eigenvalue weighted by molar-refractivity contribution is -0.116. The average molecular weight is 540 g/mol. The van der Waals surface area contributed by atoms with Crippen molar-refractivity contribution in [3.05, 3.63) is 29.5 Å². The molecule has 1 aliphatic carbocycles. The van der Waals surface area contributed by atoms with E-state index < -0.39 is 0 Å². The molecule has 38 heavy (non-hydrogen) atoms. The normalized spacial score (nSPS) is 23.6. The summed E-state index contributed by atoms with van der Waals surface area (Å²) in [7, 11) is 0. The first kappa shape index (κ1) is 25.8. The number of carbonyl (C=O) groups excluding carboxylic acids is 1. The molecule has 3 aromatic rings. The number of hydrogen-bond acceptors (Lipinski definition) is 10. The molecule has 5 heterocycles. The Hall–Kier alpha value is -2.47. The summed E-state index contributed by atoms with van der Waals surface area (Å²) >= 11 is 1.36. The van der Waals surface area contributed by atoms with E-state index in [0.29, 0.717) is 31.0 Å². The van der Waals surface area contributed by atoms with Gasteiger partial charge in [-0.2, -0.15) is 9.47 Å². The van der Waals surface area contributed by atoms with E-state index in [9.17, 15) is 4.79 Å².